The third-order valence-corrected chi connectivity index (χ3v) is 2.33. The summed E-state index contributed by atoms with van der Waals surface area (Å²) in [5.41, 5.74) is 1.01. The van der Waals surface area contributed by atoms with E-state index in [9.17, 15) is 4.79 Å². The Kier molecular flexibility index (Phi) is 7.01. The van der Waals surface area contributed by atoms with Crippen molar-refractivity contribution in [2.75, 3.05) is 13.2 Å². The van der Waals surface area contributed by atoms with Crippen molar-refractivity contribution < 1.29 is 24.5 Å². The molecule has 0 spiro atoms. The van der Waals surface area contributed by atoms with E-state index in [4.69, 9.17) is 14.9 Å². The molecule has 2 unspecified atom stereocenters. The van der Waals surface area contributed by atoms with Crippen molar-refractivity contribution in [1.82, 2.24) is 0 Å². The van der Waals surface area contributed by atoms with Gasteiger partial charge in [-0.3, -0.25) is 4.79 Å². The Morgan fingerprint density at radius 3 is 2.28 bits per heavy atom. The predicted molar refractivity (Wildman–Crippen MR) is 64.7 cm³/mol. The van der Waals surface area contributed by atoms with Crippen molar-refractivity contribution in [3.8, 4) is 0 Å². The lowest BCUT2D eigenvalue weighted by Gasteiger charge is -2.21. The first-order valence-corrected chi connectivity index (χ1v) is 5.75. The fourth-order valence-electron chi connectivity index (χ4n) is 1.49. The molecule has 1 heterocycles. The van der Waals surface area contributed by atoms with Crippen molar-refractivity contribution in [3.05, 3.63) is 35.9 Å². The minimum atomic E-state index is -0.459. The van der Waals surface area contributed by atoms with Crippen LogP contribution in [0.3, 0.4) is 0 Å². The van der Waals surface area contributed by atoms with Crippen LogP contribution < -0.4 is 0 Å². The highest BCUT2D eigenvalue weighted by Gasteiger charge is 2.17. The second kappa shape index (κ2) is 8.63. The average Bonchev–Trinajstić information content (AvgIpc) is 2.38. The molecule has 1 aliphatic rings. The van der Waals surface area contributed by atoms with Gasteiger partial charge in [0.15, 0.2) is 0 Å². The van der Waals surface area contributed by atoms with Crippen molar-refractivity contribution in [1.29, 1.82) is 0 Å². The molecule has 1 saturated heterocycles. The molecular weight excluding hydrogens is 236 g/mol. The molecule has 1 aliphatic heterocycles. The second-order valence-electron chi connectivity index (χ2n) is 3.97. The van der Waals surface area contributed by atoms with E-state index < -0.39 is 12.2 Å². The number of hydrogen-bond acceptors (Lipinski definition) is 5. The summed E-state index contributed by atoms with van der Waals surface area (Å²) in [6.45, 7) is 1.56. The van der Waals surface area contributed by atoms with Crippen LogP contribution in [0.5, 0.6) is 0 Å². The van der Waals surface area contributed by atoms with E-state index in [1.165, 1.54) is 0 Å². The Morgan fingerprint density at radius 2 is 1.83 bits per heavy atom. The van der Waals surface area contributed by atoms with Crippen molar-refractivity contribution in [2.24, 2.45) is 0 Å². The van der Waals surface area contributed by atoms with Crippen LogP contribution in [0, 0.1) is 0 Å². The number of carbonyl (C=O) groups is 1. The Bertz CT molecular complexity index is 319. The number of carbonyl (C=O) groups excluding carboxylic acids is 1. The van der Waals surface area contributed by atoms with E-state index in [1.807, 2.05) is 30.3 Å². The first-order valence-electron chi connectivity index (χ1n) is 5.75. The first kappa shape index (κ1) is 14.6. The van der Waals surface area contributed by atoms with Crippen molar-refractivity contribution >= 4 is 6.47 Å². The normalized spacial score (nSPS) is 22.6. The van der Waals surface area contributed by atoms with Gasteiger partial charge in [-0.05, 0) is 5.56 Å². The molecule has 0 aromatic heterocycles. The zero-order chi connectivity index (χ0) is 13.2. The summed E-state index contributed by atoms with van der Waals surface area (Å²) >= 11 is 0. The van der Waals surface area contributed by atoms with E-state index in [-0.39, 0.29) is 0 Å². The third-order valence-electron chi connectivity index (χ3n) is 2.33. The Morgan fingerprint density at radius 1 is 1.22 bits per heavy atom. The zero-order valence-corrected chi connectivity index (χ0v) is 10.1. The van der Waals surface area contributed by atoms with E-state index in [0.717, 1.165) is 5.56 Å². The van der Waals surface area contributed by atoms with Crippen LogP contribution in [-0.4, -0.2) is 42.1 Å². The van der Waals surface area contributed by atoms with Gasteiger partial charge in [-0.1, -0.05) is 30.3 Å². The van der Waals surface area contributed by atoms with Gasteiger partial charge in [0, 0.05) is 6.42 Å². The summed E-state index contributed by atoms with van der Waals surface area (Å²) in [5, 5.41) is 17.6. The summed E-state index contributed by atoms with van der Waals surface area (Å²) in [6, 6.07) is 9.55. The minimum absolute atomic E-state index is 0.365. The molecule has 0 amide bonds. The summed E-state index contributed by atoms with van der Waals surface area (Å²) < 4.78 is 9.33. The van der Waals surface area contributed by atoms with E-state index >= 15 is 0 Å². The molecule has 18 heavy (non-hydrogen) atoms. The maximum absolute atomic E-state index is 9.76. The van der Waals surface area contributed by atoms with Gasteiger partial charge >= 0.3 is 0 Å². The first-order chi connectivity index (χ1) is 8.72. The van der Waals surface area contributed by atoms with Gasteiger partial charge in [0.2, 0.25) is 0 Å². The van der Waals surface area contributed by atoms with Crippen LogP contribution in [0.15, 0.2) is 30.3 Å². The molecule has 100 valence electrons. The third kappa shape index (κ3) is 6.34. The molecule has 2 N–H and O–H groups in total. The van der Waals surface area contributed by atoms with Crippen LogP contribution in [-0.2, 0) is 20.9 Å². The highest BCUT2D eigenvalue weighted by atomic mass is 16.5. The number of aliphatic hydroxyl groups is 2. The minimum Gasteiger partial charge on any atom is -0.463 e. The smallest absolute Gasteiger partial charge is 0.293 e. The van der Waals surface area contributed by atoms with Crippen molar-refractivity contribution in [2.45, 2.75) is 25.2 Å². The standard InChI is InChI=1S/C8H8O2.C5H10O3/c9-7-10-6-8-4-2-1-3-5-8;6-4-1-5(7)3-8-2-4/h1-5,7H,6H2;4-7H,1-3H2. The molecule has 5 heteroatoms. The number of benzene rings is 1. The van der Waals surface area contributed by atoms with Gasteiger partial charge < -0.3 is 19.7 Å². The van der Waals surface area contributed by atoms with Gasteiger partial charge in [0.25, 0.3) is 6.47 Å². The molecule has 5 nitrogen and oxygen atoms in total. The fraction of sp³-hybridized carbons (Fsp3) is 0.462. The maximum atomic E-state index is 9.76. The van der Waals surface area contributed by atoms with Gasteiger partial charge in [-0.25, -0.2) is 0 Å². The lowest BCUT2D eigenvalue weighted by atomic mass is 10.1. The van der Waals surface area contributed by atoms with E-state index in [1.54, 1.807) is 0 Å². The second-order valence-corrected chi connectivity index (χ2v) is 3.97. The topological polar surface area (TPSA) is 76.0 Å². The fourth-order valence-corrected chi connectivity index (χ4v) is 1.49. The molecule has 0 bridgehead atoms. The SMILES string of the molecule is O=COCc1ccccc1.OC1COCC(O)C1. The predicted octanol–water partition coefficient (Wildman–Crippen LogP) is 0.488. The van der Waals surface area contributed by atoms with E-state index in [2.05, 4.69) is 4.74 Å². The Balaban J connectivity index is 0.000000184. The molecule has 2 rings (SSSR count). The van der Waals surface area contributed by atoms with Crippen LogP contribution >= 0.6 is 0 Å². The van der Waals surface area contributed by atoms with Crippen molar-refractivity contribution in [3.63, 3.8) is 0 Å². The largest absolute Gasteiger partial charge is 0.463 e. The average molecular weight is 254 g/mol. The van der Waals surface area contributed by atoms with Crippen LogP contribution in [0.25, 0.3) is 0 Å². The van der Waals surface area contributed by atoms with Crippen LogP contribution in [0.2, 0.25) is 0 Å². The molecule has 1 aromatic rings. The van der Waals surface area contributed by atoms with Gasteiger partial charge in [-0.15, -0.1) is 0 Å². The summed E-state index contributed by atoms with van der Waals surface area (Å²) in [4.78, 5) is 9.76. The highest BCUT2D eigenvalue weighted by molar-refractivity contribution is 5.37. The Hall–Kier alpha value is -1.43. The molecule has 2 atom stereocenters. The van der Waals surface area contributed by atoms with E-state index in [0.29, 0.717) is 32.7 Å². The van der Waals surface area contributed by atoms with Crippen LogP contribution in [0.1, 0.15) is 12.0 Å². The molecule has 0 saturated carbocycles. The monoisotopic (exact) mass is 254 g/mol. The Labute approximate surface area is 106 Å². The summed E-state index contributed by atoms with van der Waals surface area (Å²) in [6.07, 6.45) is -0.461. The quantitative estimate of drug-likeness (QED) is 0.768. The lowest BCUT2D eigenvalue weighted by Crippen LogP contribution is -2.32. The van der Waals surface area contributed by atoms with Crippen LogP contribution in [0.4, 0.5) is 0 Å². The number of hydrogen-bond donors (Lipinski definition) is 2. The highest BCUT2D eigenvalue weighted by Crippen LogP contribution is 2.05. The molecule has 0 radical (unpaired) electrons. The van der Waals surface area contributed by atoms with Gasteiger partial charge in [0.05, 0.1) is 25.4 Å². The molecule has 1 aromatic carbocycles. The number of rotatable bonds is 3. The molecule has 1 fully saturated rings. The molecule has 0 aliphatic carbocycles. The maximum Gasteiger partial charge on any atom is 0.293 e. The summed E-state index contributed by atoms with van der Waals surface area (Å²) in [5.74, 6) is 0. The van der Waals surface area contributed by atoms with Gasteiger partial charge in [0.1, 0.15) is 6.61 Å². The zero-order valence-electron chi connectivity index (χ0n) is 10.1. The lowest BCUT2D eigenvalue weighted by molar-refractivity contribution is -0.129. The summed E-state index contributed by atoms with van der Waals surface area (Å²) in [7, 11) is 0. The van der Waals surface area contributed by atoms with Gasteiger partial charge in [-0.2, -0.15) is 0 Å². The number of aliphatic hydroxyl groups excluding tert-OH is 2. The molecular formula is C13H18O5. The number of ether oxygens (including phenoxy) is 2.